The number of halogens is 3. The number of hydrogen-bond acceptors (Lipinski definition) is 4. The van der Waals surface area contributed by atoms with Crippen molar-refractivity contribution in [3.63, 3.8) is 0 Å². The van der Waals surface area contributed by atoms with Gasteiger partial charge in [-0.1, -0.05) is 0 Å². The minimum Gasteiger partial charge on any atom is -0.478 e. The first kappa shape index (κ1) is 20.9. The van der Waals surface area contributed by atoms with E-state index in [4.69, 9.17) is 0 Å². The zero-order chi connectivity index (χ0) is 23.5. The zero-order valence-electron chi connectivity index (χ0n) is 17.7. The fourth-order valence-corrected chi connectivity index (χ4v) is 4.43. The molecule has 4 aromatic rings. The van der Waals surface area contributed by atoms with Crippen LogP contribution in [0.5, 0.6) is 0 Å². The van der Waals surface area contributed by atoms with Crippen molar-refractivity contribution in [1.82, 2.24) is 10.2 Å². The number of benzene rings is 3. The van der Waals surface area contributed by atoms with Gasteiger partial charge in [-0.3, -0.25) is 5.10 Å². The Labute approximate surface area is 186 Å². The van der Waals surface area contributed by atoms with Gasteiger partial charge >= 0.3 is 5.97 Å². The molecular weight excluding hydrogens is 433 g/mol. The molecule has 0 radical (unpaired) electrons. The number of rotatable bonds is 3. The van der Waals surface area contributed by atoms with Crippen LogP contribution < -0.4 is 9.80 Å². The molecule has 5 rings (SSSR count). The van der Waals surface area contributed by atoms with Gasteiger partial charge in [-0.25, -0.2) is 18.0 Å². The SMILES string of the molecule is CC1(C)CN(c2ccc(C(=O)O)cc2)c2c(cc3cn[nH]c3c2F)N1c1ccc(F)c(F)c1. The van der Waals surface area contributed by atoms with Crippen molar-refractivity contribution in [2.75, 3.05) is 16.3 Å². The number of fused-ring (bicyclic) bond motifs is 2. The first-order valence-electron chi connectivity index (χ1n) is 10.2. The van der Waals surface area contributed by atoms with Gasteiger partial charge in [0.05, 0.1) is 23.0 Å². The number of aromatic nitrogens is 2. The highest BCUT2D eigenvalue weighted by atomic mass is 19.2. The number of nitrogens with zero attached hydrogens (tertiary/aromatic N) is 3. The molecule has 6 nitrogen and oxygen atoms in total. The van der Waals surface area contributed by atoms with Gasteiger partial charge in [0.15, 0.2) is 17.5 Å². The Morgan fingerprint density at radius 1 is 1.03 bits per heavy atom. The number of aromatic amines is 1. The van der Waals surface area contributed by atoms with Crippen LogP contribution in [0.2, 0.25) is 0 Å². The van der Waals surface area contributed by atoms with Crippen LogP contribution in [0.1, 0.15) is 24.2 Å². The average molecular weight is 452 g/mol. The highest BCUT2D eigenvalue weighted by Crippen LogP contribution is 2.50. The Balaban J connectivity index is 1.76. The van der Waals surface area contributed by atoms with Gasteiger partial charge in [0, 0.05) is 29.4 Å². The van der Waals surface area contributed by atoms with E-state index in [1.807, 2.05) is 13.8 Å². The van der Waals surface area contributed by atoms with Crippen LogP contribution in [0.3, 0.4) is 0 Å². The van der Waals surface area contributed by atoms with Crippen molar-refractivity contribution in [1.29, 1.82) is 0 Å². The van der Waals surface area contributed by atoms with E-state index in [2.05, 4.69) is 10.2 Å². The van der Waals surface area contributed by atoms with E-state index in [9.17, 15) is 18.7 Å². The van der Waals surface area contributed by atoms with Gasteiger partial charge in [-0.2, -0.15) is 5.10 Å². The normalized spacial score (nSPS) is 15.1. The highest BCUT2D eigenvalue weighted by molar-refractivity contribution is 5.96. The third-order valence-corrected chi connectivity index (χ3v) is 5.88. The Morgan fingerprint density at radius 3 is 2.39 bits per heavy atom. The van der Waals surface area contributed by atoms with Gasteiger partial charge in [0.2, 0.25) is 0 Å². The van der Waals surface area contributed by atoms with Crippen molar-refractivity contribution in [3.8, 4) is 0 Å². The summed E-state index contributed by atoms with van der Waals surface area (Å²) in [7, 11) is 0. The molecule has 1 aliphatic rings. The molecule has 0 amide bonds. The summed E-state index contributed by atoms with van der Waals surface area (Å²) in [6.07, 6.45) is 1.50. The lowest BCUT2D eigenvalue weighted by Gasteiger charge is -2.50. The minimum absolute atomic E-state index is 0.114. The summed E-state index contributed by atoms with van der Waals surface area (Å²) in [5.74, 6) is -3.58. The largest absolute Gasteiger partial charge is 0.478 e. The van der Waals surface area contributed by atoms with Gasteiger partial charge in [0.25, 0.3) is 0 Å². The Morgan fingerprint density at radius 2 is 1.73 bits per heavy atom. The third kappa shape index (κ3) is 3.27. The molecule has 33 heavy (non-hydrogen) atoms. The Kier molecular flexibility index (Phi) is 4.59. The second-order valence-electron chi connectivity index (χ2n) is 8.58. The molecule has 2 N–H and O–H groups in total. The van der Waals surface area contributed by atoms with Gasteiger partial charge in [-0.15, -0.1) is 0 Å². The number of carboxylic acids is 1. The molecule has 0 spiro atoms. The number of aromatic carboxylic acids is 1. The molecule has 0 unspecified atom stereocenters. The first-order chi connectivity index (χ1) is 15.7. The van der Waals surface area contributed by atoms with E-state index in [1.54, 1.807) is 28.0 Å². The van der Waals surface area contributed by atoms with Crippen molar-refractivity contribution in [2.45, 2.75) is 19.4 Å². The van der Waals surface area contributed by atoms with Gasteiger partial charge < -0.3 is 14.9 Å². The monoisotopic (exact) mass is 452 g/mol. The smallest absolute Gasteiger partial charge is 0.335 e. The number of nitrogens with one attached hydrogen (secondary N) is 1. The molecule has 168 valence electrons. The molecule has 0 saturated heterocycles. The van der Waals surface area contributed by atoms with E-state index < -0.39 is 29.0 Å². The van der Waals surface area contributed by atoms with E-state index in [1.165, 1.54) is 24.4 Å². The molecule has 3 aromatic carbocycles. The lowest BCUT2D eigenvalue weighted by atomic mass is 9.93. The summed E-state index contributed by atoms with van der Waals surface area (Å²) in [6, 6.07) is 11.5. The molecule has 0 aliphatic carbocycles. The average Bonchev–Trinajstić information content (AvgIpc) is 3.24. The van der Waals surface area contributed by atoms with Crippen LogP contribution in [0.15, 0.2) is 54.7 Å². The molecule has 0 atom stereocenters. The topological polar surface area (TPSA) is 72.5 Å². The summed E-state index contributed by atoms with van der Waals surface area (Å²) in [4.78, 5) is 14.8. The Hall–Kier alpha value is -4.01. The van der Waals surface area contributed by atoms with Crippen LogP contribution >= 0.6 is 0 Å². The number of anilines is 4. The summed E-state index contributed by atoms with van der Waals surface area (Å²) in [5, 5.41) is 16.4. The van der Waals surface area contributed by atoms with Gasteiger partial charge in [0.1, 0.15) is 11.2 Å². The lowest BCUT2D eigenvalue weighted by molar-refractivity contribution is 0.0697. The fraction of sp³-hybridized carbons (Fsp3) is 0.167. The second-order valence-corrected chi connectivity index (χ2v) is 8.58. The van der Waals surface area contributed by atoms with E-state index in [0.717, 1.165) is 12.1 Å². The fourth-order valence-electron chi connectivity index (χ4n) is 4.43. The summed E-state index contributed by atoms with van der Waals surface area (Å²) in [6.45, 7) is 4.10. The quantitative estimate of drug-likeness (QED) is 0.414. The summed E-state index contributed by atoms with van der Waals surface area (Å²) in [5.41, 5.74) is 1.28. The number of carboxylic acid groups (broad SMARTS) is 1. The predicted molar refractivity (Wildman–Crippen MR) is 119 cm³/mol. The standard InChI is InChI=1S/C24H19F3N4O2/c1-24(2)12-30(15-5-3-13(4-6-15)23(32)33)22-19(9-14-11-28-29-21(14)20(22)27)31(24)16-7-8-17(25)18(26)10-16/h3-11H,12H2,1-2H3,(H,28,29)(H,32,33). The van der Waals surface area contributed by atoms with Crippen molar-refractivity contribution in [3.05, 3.63) is 77.7 Å². The maximum absolute atomic E-state index is 15.8. The number of carbonyl (C=O) groups is 1. The van der Waals surface area contributed by atoms with Crippen molar-refractivity contribution >= 4 is 39.6 Å². The van der Waals surface area contributed by atoms with Crippen LogP contribution in [-0.4, -0.2) is 33.4 Å². The van der Waals surface area contributed by atoms with Crippen molar-refractivity contribution < 1.29 is 23.1 Å². The predicted octanol–water partition coefficient (Wildman–Crippen LogP) is 5.75. The van der Waals surface area contributed by atoms with Crippen LogP contribution in [0, 0.1) is 17.5 Å². The van der Waals surface area contributed by atoms with E-state index in [-0.39, 0.29) is 23.3 Å². The molecule has 0 saturated carbocycles. The second kappa shape index (κ2) is 7.26. The number of hydrogen-bond donors (Lipinski definition) is 2. The van der Waals surface area contributed by atoms with E-state index >= 15 is 4.39 Å². The Bertz CT molecular complexity index is 1400. The molecule has 9 heteroatoms. The van der Waals surface area contributed by atoms with Gasteiger partial charge in [-0.05, 0) is 56.3 Å². The van der Waals surface area contributed by atoms with Crippen LogP contribution in [0.25, 0.3) is 10.9 Å². The molecule has 0 bridgehead atoms. The minimum atomic E-state index is -1.06. The molecule has 1 aromatic heterocycles. The lowest BCUT2D eigenvalue weighted by Crippen LogP contribution is -2.53. The van der Waals surface area contributed by atoms with E-state index in [0.29, 0.717) is 22.4 Å². The zero-order valence-corrected chi connectivity index (χ0v) is 17.7. The summed E-state index contributed by atoms with van der Waals surface area (Å²) >= 11 is 0. The highest BCUT2D eigenvalue weighted by Gasteiger charge is 2.41. The third-order valence-electron chi connectivity index (χ3n) is 5.88. The molecule has 1 aliphatic heterocycles. The molecular formula is C24H19F3N4O2. The van der Waals surface area contributed by atoms with Crippen LogP contribution in [-0.2, 0) is 0 Å². The van der Waals surface area contributed by atoms with Crippen molar-refractivity contribution in [2.24, 2.45) is 0 Å². The summed E-state index contributed by atoms with van der Waals surface area (Å²) < 4.78 is 43.6. The molecule has 2 heterocycles. The first-order valence-corrected chi connectivity index (χ1v) is 10.2. The maximum atomic E-state index is 15.8. The number of H-pyrrole nitrogens is 1. The molecule has 0 fully saturated rings. The maximum Gasteiger partial charge on any atom is 0.335 e. The van der Waals surface area contributed by atoms with Crippen LogP contribution in [0.4, 0.5) is 35.9 Å².